The lowest BCUT2D eigenvalue weighted by molar-refractivity contribution is -0.176. The molecule has 1 aliphatic heterocycles. The van der Waals surface area contributed by atoms with E-state index in [4.69, 9.17) is 10.5 Å². The number of nitrogens with zero attached hydrogens (tertiary/aromatic N) is 2. The predicted octanol–water partition coefficient (Wildman–Crippen LogP) is 2.51. The average molecular weight is 516 g/mol. The normalized spacial score (nSPS) is 15.9. The van der Waals surface area contributed by atoms with Gasteiger partial charge in [-0.05, 0) is 24.1 Å². The van der Waals surface area contributed by atoms with E-state index in [-0.39, 0.29) is 30.6 Å². The molecule has 0 spiro atoms. The third-order valence-corrected chi connectivity index (χ3v) is 4.02. The maximum atomic E-state index is 12.1. The van der Waals surface area contributed by atoms with E-state index in [0.29, 0.717) is 18.1 Å². The largest absolute Gasteiger partial charge is 0.411 e. The van der Waals surface area contributed by atoms with Gasteiger partial charge in [0.05, 0.1) is 26.4 Å². The first-order valence-corrected chi connectivity index (χ1v) is 8.98. The minimum atomic E-state index is -4.32. The molecular weight excluding hydrogens is 488 g/mol. The first-order chi connectivity index (χ1) is 12.9. The third kappa shape index (κ3) is 11.0. The van der Waals surface area contributed by atoms with Crippen LogP contribution in [0.5, 0.6) is 0 Å². The summed E-state index contributed by atoms with van der Waals surface area (Å²) in [4.78, 5) is 6.62. The smallest absolute Gasteiger partial charge is 0.379 e. The van der Waals surface area contributed by atoms with Crippen LogP contribution >= 0.6 is 24.0 Å². The highest BCUT2D eigenvalue weighted by molar-refractivity contribution is 14.0. The van der Waals surface area contributed by atoms with Gasteiger partial charge < -0.3 is 20.5 Å². The summed E-state index contributed by atoms with van der Waals surface area (Å²) in [6, 6.07) is 7.11. The fourth-order valence-corrected chi connectivity index (χ4v) is 2.68. The summed E-state index contributed by atoms with van der Waals surface area (Å²) in [5.41, 5.74) is 7.40. The molecule has 1 aromatic carbocycles. The minimum absolute atomic E-state index is 0. The summed E-state index contributed by atoms with van der Waals surface area (Å²) < 4.78 is 46.3. The van der Waals surface area contributed by atoms with Crippen molar-refractivity contribution in [2.75, 3.05) is 46.0 Å². The van der Waals surface area contributed by atoms with Crippen LogP contribution in [0.4, 0.5) is 13.2 Å². The molecule has 6 nitrogen and oxygen atoms in total. The SMILES string of the molecule is I.NC(=NCc1cccc(COCC(F)(F)F)c1)NCCCN1CCOCC1. The number of alkyl halides is 3. The van der Waals surface area contributed by atoms with E-state index >= 15 is 0 Å². The molecule has 0 atom stereocenters. The van der Waals surface area contributed by atoms with E-state index in [0.717, 1.165) is 51.4 Å². The Labute approximate surface area is 180 Å². The number of morpholine rings is 1. The van der Waals surface area contributed by atoms with Crippen molar-refractivity contribution in [3.63, 3.8) is 0 Å². The molecule has 0 aromatic heterocycles. The molecule has 28 heavy (non-hydrogen) atoms. The molecule has 1 heterocycles. The number of halogens is 4. The van der Waals surface area contributed by atoms with Crippen molar-refractivity contribution >= 4 is 29.9 Å². The molecule has 1 aromatic rings. The standard InChI is InChI=1S/C18H27F3N4O2.HI/c19-18(20,21)14-27-13-16-4-1-3-15(11-16)12-24-17(22)23-5-2-6-25-7-9-26-10-8-25;/h1,3-4,11H,2,5-10,12-14H2,(H3,22,23,24);1H. The van der Waals surface area contributed by atoms with E-state index in [2.05, 4.69) is 19.9 Å². The van der Waals surface area contributed by atoms with Crippen molar-refractivity contribution in [2.24, 2.45) is 10.7 Å². The molecule has 0 radical (unpaired) electrons. The molecule has 160 valence electrons. The van der Waals surface area contributed by atoms with Gasteiger partial charge in [0, 0.05) is 19.6 Å². The van der Waals surface area contributed by atoms with Crippen LogP contribution in [0.1, 0.15) is 17.5 Å². The van der Waals surface area contributed by atoms with E-state index < -0.39 is 12.8 Å². The monoisotopic (exact) mass is 516 g/mol. The lowest BCUT2D eigenvalue weighted by Gasteiger charge is -2.26. The number of guanidine groups is 1. The zero-order valence-corrected chi connectivity index (χ0v) is 18.0. The van der Waals surface area contributed by atoms with Gasteiger partial charge in [-0.15, -0.1) is 24.0 Å². The zero-order chi connectivity index (χ0) is 19.5. The van der Waals surface area contributed by atoms with Gasteiger partial charge in [0.15, 0.2) is 5.96 Å². The van der Waals surface area contributed by atoms with Crippen LogP contribution in [0.15, 0.2) is 29.3 Å². The Morgan fingerprint density at radius 2 is 1.96 bits per heavy atom. The van der Waals surface area contributed by atoms with E-state index in [1.54, 1.807) is 18.2 Å². The van der Waals surface area contributed by atoms with Gasteiger partial charge in [0.1, 0.15) is 6.61 Å². The summed E-state index contributed by atoms with van der Waals surface area (Å²) in [6.07, 6.45) is -3.36. The number of benzene rings is 1. The van der Waals surface area contributed by atoms with Gasteiger partial charge in [-0.1, -0.05) is 24.3 Å². The second-order valence-corrected chi connectivity index (χ2v) is 6.36. The van der Waals surface area contributed by atoms with Crippen molar-refractivity contribution in [3.8, 4) is 0 Å². The van der Waals surface area contributed by atoms with Crippen molar-refractivity contribution < 1.29 is 22.6 Å². The predicted molar refractivity (Wildman–Crippen MR) is 113 cm³/mol. The summed E-state index contributed by atoms with van der Waals surface area (Å²) in [5.74, 6) is 0.357. The van der Waals surface area contributed by atoms with Gasteiger partial charge >= 0.3 is 6.18 Å². The van der Waals surface area contributed by atoms with Crippen molar-refractivity contribution in [1.29, 1.82) is 0 Å². The number of rotatable bonds is 9. The van der Waals surface area contributed by atoms with Crippen molar-refractivity contribution in [1.82, 2.24) is 10.2 Å². The number of hydrogen-bond acceptors (Lipinski definition) is 4. The molecule has 2 rings (SSSR count). The Hall–Kier alpha value is -1.11. The topological polar surface area (TPSA) is 72.1 Å². The Balaban J connectivity index is 0.00000392. The highest BCUT2D eigenvalue weighted by atomic mass is 127. The molecular formula is C18H28F3IN4O2. The number of nitrogens with two attached hydrogens (primary N) is 1. The summed E-state index contributed by atoms with van der Waals surface area (Å²) in [5, 5.41) is 3.08. The number of ether oxygens (including phenoxy) is 2. The molecule has 0 saturated carbocycles. The first-order valence-electron chi connectivity index (χ1n) is 8.98. The third-order valence-electron chi connectivity index (χ3n) is 4.02. The minimum Gasteiger partial charge on any atom is -0.379 e. The number of hydrogen-bond donors (Lipinski definition) is 2. The van der Waals surface area contributed by atoms with Crippen LogP contribution < -0.4 is 11.1 Å². The maximum absolute atomic E-state index is 12.1. The Morgan fingerprint density at radius 3 is 2.68 bits per heavy atom. The van der Waals surface area contributed by atoms with E-state index in [9.17, 15) is 13.2 Å². The Kier molecular flexibility index (Phi) is 11.7. The van der Waals surface area contributed by atoms with Crippen LogP contribution in [-0.2, 0) is 22.6 Å². The van der Waals surface area contributed by atoms with Crippen LogP contribution in [0, 0.1) is 0 Å². The summed E-state index contributed by atoms with van der Waals surface area (Å²) in [6.45, 7) is 4.24. The van der Waals surface area contributed by atoms with Crippen LogP contribution in [0.3, 0.4) is 0 Å². The molecule has 0 bridgehead atoms. The highest BCUT2D eigenvalue weighted by Gasteiger charge is 2.27. The Bertz CT molecular complexity index is 596. The molecule has 0 amide bonds. The highest BCUT2D eigenvalue weighted by Crippen LogP contribution is 2.16. The van der Waals surface area contributed by atoms with Gasteiger partial charge in [0.2, 0.25) is 0 Å². The summed E-state index contributed by atoms with van der Waals surface area (Å²) in [7, 11) is 0. The number of nitrogens with one attached hydrogen (secondary N) is 1. The molecule has 10 heteroatoms. The maximum Gasteiger partial charge on any atom is 0.411 e. The second-order valence-electron chi connectivity index (χ2n) is 6.36. The Morgan fingerprint density at radius 1 is 1.25 bits per heavy atom. The van der Waals surface area contributed by atoms with E-state index in [1.165, 1.54) is 0 Å². The van der Waals surface area contributed by atoms with Gasteiger partial charge in [0.25, 0.3) is 0 Å². The molecule has 0 unspecified atom stereocenters. The molecule has 1 aliphatic rings. The fourth-order valence-electron chi connectivity index (χ4n) is 2.68. The molecule has 1 fully saturated rings. The molecule has 1 saturated heterocycles. The van der Waals surface area contributed by atoms with Crippen molar-refractivity contribution in [2.45, 2.75) is 25.7 Å². The van der Waals surface area contributed by atoms with Crippen molar-refractivity contribution in [3.05, 3.63) is 35.4 Å². The fraction of sp³-hybridized carbons (Fsp3) is 0.611. The van der Waals surface area contributed by atoms with Gasteiger partial charge in [-0.2, -0.15) is 13.2 Å². The lowest BCUT2D eigenvalue weighted by atomic mass is 10.1. The second kappa shape index (κ2) is 13.2. The summed E-state index contributed by atoms with van der Waals surface area (Å²) >= 11 is 0. The molecule has 3 N–H and O–H groups in total. The zero-order valence-electron chi connectivity index (χ0n) is 15.7. The molecule has 0 aliphatic carbocycles. The average Bonchev–Trinajstić information content (AvgIpc) is 2.64. The number of aliphatic imine (C=N–C) groups is 1. The van der Waals surface area contributed by atoms with Crippen LogP contribution in [0.25, 0.3) is 0 Å². The van der Waals surface area contributed by atoms with Gasteiger partial charge in [-0.25, -0.2) is 4.99 Å². The van der Waals surface area contributed by atoms with Crippen LogP contribution in [0.2, 0.25) is 0 Å². The lowest BCUT2D eigenvalue weighted by Crippen LogP contribution is -2.39. The first kappa shape index (κ1) is 24.9. The quantitative estimate of drug-likeness (QED) is 0.229. The van der Waals surface area contributed by atoms with Crippen LogP contribution in [-0.4, -0.2) is 63.0 Å². The van der Waals surface area contributed by atoms with Gasteiger partial charge in [-0.3, -0.25) is 4.90 Å². The van der Waals surface area contributed by atoms with E-state index in [1.807, 2.05) is 6.07 Å².